The van der Waals surface area contributed by atoms with Gasteiger partial charge < -0.3 is 9.47 Å². The maximum atomic E-state index is 12.1. The summed E-state index contributed by atoms with van der Waals surface area (Å²) in [5.41, 5.74) is 0.737. The highest BCUT2D eigenvalue weighted by molar-refractivity contribution is 5.82. The molecular weight excluding hydrogens is 288 g/mol. The van der Waals surface area contributed by atoms with Gasteiger partial charge in [-0.2, -0.15) is 0 Å². The maximum absolute atomic E-state index is 12.1. The molecule has 2 heterocycles. The van der Waals surface area contributed by atoms with Crippen LogP contribution in [0.15, 0.2) is 24.3 Å². The van der Waals surface area contributed by atoms with Crippen LogP contribution in [0, 0.1) is 5.92 Å². The number of hydrogen-bond donors (Lipinski definition) is 0. The van der Waals surface area contributed by atoms with Gasteiger partial charge in [-0.3, -0.25) is 4.79 Å². The first-order valence-electron chi connectivity index (χ1n) is 8.92. The third-order valence-electron chi connectivity index (χ3n) is 5.48. The van der Waals surface area contributed by atoms with E-state index in [1.54, 1.807) is 0 Å². The summed E-state index contributed by atoms with van der Waals surface area (Å²) in [4.78, 5) is 12.1. The second kappa shape index (κ2) is 7.31. The van der Waals surface area contributed by atoms with Crippen molar-refractivity contribution in [2.45, 2.75) is 83.5 Å². The normalized spacial score (nSPS) is 34.0. The predicted molar refractivity (Wildman–Crippen MR) is 93.5 cm³/mol. The van der Waals surface area contributed by atoms with Gasteiger partial charge in [-0.05, 0) is 52.9 Å². The van der Waals surface area contributed by atoms with E-state index in [-0.39, 0.29) is 23.2 Å². The van der Waals surface area contributed by atoms with Crippen molar-refractivity contribution in [2.75, 3.05) is 6.61 Å². The molecule has 2 fully saturated rings. The minimum absolute atomic E-state index is 0.120. The third kappa shape index (κ3) is 4.33. The second-order valence-electron chi connectivity index (χ2n) is 7.76. The van der Waals surface area contributed by atoms with Crippen LogP contribution in [0.2, 0.25) is 0 Å². The Morgan fingerprint density at radius 2 is 2.17 bits per heavy atom. The van der Waals surface area contributed by atoms with Gasteiger partial charge in [0.25, 0.3) is 0 Å². The first-order valence-corrected chi connectivity index (χ1v) is 8.92. The van der Waals surface area contributed by atoms with Crippen molar-refractivity contribution in [1.29, 1.82) is 0 Å². The first kappa shape index (κ1) is 18.4. The number of carbonyl (C=O) groups excluding carboxylic acids is 1. The zero-order valence-corrected chi connectivity index (χ0v) is 15.2. The van der Waals surface area contributed by atoms with Gasteiger partial charge in [-0.1, -0.05) is 24.6 Å². The zero-order valence-electron chi connectivity index (χ0n) is 15.2. The fourth-order valence-electron chi connectivity index (χ4n) is 3.56. The standard InChI is InChI=1S/C20H32O3/c1-6-20-13-11-18(23-20)19(5,22-14-20)12-7-8-16(4)17(21)10-9-15(2)3/h6,9,16,18H,1,7-8,10-14H2,2-5H3/t16?,18-,19+,20+/m1/s1. The highest BCUT2D eigenvalue weighted by Crippen LogP contribution is 2.45. The predicted octanol–water partition coefficient (Wildman–Crippen LogP) is 4.61. The van der Waals surface area contributed by atoms with Crippen molar-refractivity contribution in [3.8, 4) is 0 Å². The number of fused-ring (bicyclic) bond motifs is 2. The van der Waals surface area contributed by atoms with Crippen molar-refractivity contribution in [1.82, 2.24) is 0 Å². The lowest BCUT2D eigenvalue weighted by molar-refractivity contribution is -0.225. The van der Waals surface area contributed by atoms with Crippen molar-refractivity contribution in [2.24, 2.45) is 5.92 Å². The molecule has 0 aromatic heterocycles. The van der Waals surface area contributed by atoms with Crippen LogP contribution in [0.4, 0.5) is 0 Å². The third-order valence-corrected chi connectivity index (χ3v) is 5.48. The topological polar surface area (TPSA) is 35.5 Å². The minimum Gasteiger partial charge on any atom is -0.369 e. The molecule has 130 valence electrons. The molecule has 0 aromatic rings. The molecular formula is C20H32O3. The van der Waals surface area contributed by atoms with E-state index in [2.05, 4.69) is 13.5 Å². The Bertz CT molecular complexity index is 477. The Morgan fingerprint density at radius 1 is 1.43 bits per heavy atom. The van der Waals surface area contributed by atoms with Gasteiger partial charge in [0.15, 0.2) is 0 Å². The second-order valence-corrected chi connectivity index (χ2v) is 7.76. The Kier molecular flexibility index (Phi) is 5.85. The maximum Gasteiger partial charge on any atom is 0.139 e. The Labute approximate surface area is 141 Å². The molecule has 0 N–H and O–H groups in total. The van der Waals surface area contributed by atoms with Gasteiger partial charge in [-0.15, -0.1) is 6.58 Å². The molecule has 23 heavy (non-hydrogen) atoms. The molecule has 2 rings (SSSR count). The van der Waals surface area contributed by atoms with E-state index in [1.165, 1.54) is 5.57 Å². The van der Waals surface area contributed by atoms with E-state index >= 15 is 0 Å². The molecule has 3 nitrogen and oxygen atoms in total. The number of rotatable bonds is 8. The quantitative estimate of drug-likeness (QED) is 0.613. The van der Waals surface area contributed by atoms with E-state index in [1.807, 2.05) is 32.9 Å². The van der Waals surface area contributed by atoms with Crippen LogP contribution < -0.4 is 0 Å². The SMILES string of the molecule is C=C[C@@]12CC[C@@H](O1)[C@](C)(CCCC(C)C(=O)CC=C(C)C)OC2. The Balaban J connectivity index is 1.79. The molecule has 0 aromatic carbocycles. The molecule has 3 heteroatoms. The van der Waals surface area contributed by atoms with E-state index in [4.69, 9.17) is 9.47 Å². The summed E-state index contributed by atoms with van der Waals surface area (Å²) in [6, 6.07) is 0. The number of allylic oxidation sites excluding steroid dienone is 2. The van der Waals surface area contributed by atoms with Crippen LogP contribution in [0.3, 0.4) is 0 Å². The molecule has 0 aliphatic carbocycles. The fourth-order valence-corrected chi connectivity index (χ4v) is 3.56. The molecule has 0 radical (unpaired) electrons. The lowest BCUT2D eigenvalue weighted by Gasteiger charge is -2.43. The monoisotopic (exact) mass is 320 g/mol. The molecule has 2 saturated heterocycles. The summed E-state index contributed by atoms with van der Waals surface area (Å²) in [5.74, 6) is 0.457. The van der Waals surface area contributed by atoms with Crippen LogP contribution in [0.1, 0.15) is 66.2 Å². The Morgan fingerprint density at radius 3 is 2.83 bits per heavy atom. The molecule has 1 unspecified atom stereocenters. The summed E-state index contributed by atoms with van der Waals surface area (Å²) in [5, 5.41) is 0. The van der Waals surface area contributed by atoms with Gasteiger partial charge in [-0.25, -0.2) is 0 Å². The van der Waals surface area contributed by atoms with E-state index < -0.39 is 0 Å². The largest absolute Gasteiger partial charge is 0.369 e. The number of ketones is 1. The highest BCUT2D eigenvalue weighted by Gasteiger charge is 2.52. The number of ether oxygens (including phenoxy) is 2. The van der Waals surface area contributed by atoms with Crippen LogP contribution in [0.5, 0.6) is 0 Å². The highest BCUT2D eigenvalue weighted by atomic mass is 16.6. The van der Waals surface area contributed by atoms with E-state index in [9.17, 15) is 4.79 Å². The Hall–Kier alpha value is -0.930. The van der Waals surface area contributed by atoms with Crippen LogP contribution in [0.25, 0.3) is 0 Å². The van der Waals surface area contributed by atoms with Crippen molar-refractivity contribution in [3.63, 3.8) is 0 Å². The fraction of sp³-hybridized carbons (Fsp3) is 0.750. The first-order chi connectivity index (χ1) is 10.8. The van der Waals surface area contributed by atoms with Gasteiger partial charge in [0.1, 0.15) is 11.4 Å². The van der Waals surface area contributed by atoms with Crippen molar-refractivity contribution in [3.05, 3.63) is 24.3 Å². The molecule has 2 bridgehead atoms. The van der Waals surface area contributed by atoms with Gasteiger partial charge >= 0.3 is 0 Å². The average molecular weight is 320 g/mol. The number of hydrogen-bond acceptors (Lipinski definition) is 3. The number of Topliss-reactive ketones (excluding diaryl/α,β-unsaturated/α-hetero) is 1. The van der Waals surface area contributed by atoms with Gasteiger partial charge in [0.2, 0.25) is 0 Å². The van der Waals surface area contributed by atoms with Crippen molar-refractivity contribution >= 4 is 5.78 Å². The molecule has 0 saturated carbocycles. The van der Waals surface area contributed by atoms with Crippen LogP contribution in [-0.4, -0.2) is 29.7 Å². The van der Waals surface area contributed by atoms with Gasteiger partial charge in [0, 0.05) is 12.3 Å². The summed E-state index contributed by atoms with van der Waals surface area (Å²) in [6.45, 7) is 12.8. The smallest absolute Gasteiger partial charge is 0.139 e. The zero-order chi connectivity index (χ0) is 17.1. The average Bonchev–Trinajstić information content (AvgIpc) is 2.91. The summed E-state index contributed by atoms with van der Waals surface area (Å²) in [6.07, 6.45) is 9.56. The molecule has 2 aliphatic heterocycles. The van der Waals surface area contributed by atoms with Crippen molar-refractivity contribution < 1.29 is 14.3 Å². The molecule has 2 aliphatic rings. The van der Waals surface area contributed by atoms with Crippen LogP contribution >= 0.6 is 0 Å². The molecule has 4 atom stereocenters. The number of carbonyl (C=O) groups is 1. The lowest BCUT2D eigenvalue weighted by Crippen LogP contribution is -2.51. The molecule has 0 amide bonds. The van der Waals surface area contributed by atoms with Gasteiger partial charge in [0.05, 0.1) is 18.3 Å². The summed E-state index contributed by atoms with van der Waals surface area (Å²) >= 11 is 0. The van der Waals surface area contributed by atoms with E-state index in [0.29, 0.717) is 18.8 Å². The summed E-state index contributed by atoms with van der Waals surface area (Å²) in [7, 11) is 0. The summed E-state index contributed by atoms with van der Waals surface area (Å²) < 4.78 is 12.4. The molecule has 0 spiro atoms. The lowest BCUT2D eigenvalue weighted by atomic mass is 9.88. The minimum atomic E-state index is -0.252. The van der Waals surface area contributed by atoms with E-state index in [0.717, 1.165) is 32.1 Å². The van der Waals surface area contributed by atoms with Crippen LogP contribution in [-0.2, 0) is 14.3 Å².